The Morgan fingerprint density at radius 3 is 2.83 bits per heavy atom. The molecule has 2 aromatic rings. The molecule has 0 bridgehead atoms. The molecule has 2 fully saturated rings. The summed E-state index contributed by atoms with van der Waals surface area (Å²) in [6.45, 7) is 9.68. The van der Waals surface area contributed by atoms with Crippen LogP contribution in [0.5, 0.6) is 11.8 Å². The van der Waals surface area contributed by atoms with Crippen LogP contribution in [0.15, 0.2) is 30.5 Å². The molecule has 0 radical (unpaired) electrons. The zero-order valence-corrected chi connectivity index (χ0v) is 18.3. The molecule has 0 amide bonds. The fourth-order valence-electron chi connectivity index (χ4n) is 4.32. The molecule has 162 valence electrons. The van der Waals surface area contributed by atoms with E-state index in [0.717, 1.165) is 68.4 Å². The highest BCUT2D eigenvalue weighted by molar-refractivity contribution is 5.69. The predicted octanol–water partition coefficient (Wildman–Crippen LogP) is 2.81. The number of nitrogens with zero attached hydrogens (tertiary/aromatic N) is 4. The smallest absolute Gasteiger partial charge is 0.238 e. The third-order valence-electron chi connectivity index (χ3n) is 5.93. The summed E-state index contributed by atoms with van der Waals surface area (Å²) >= 11 is 0. The number of likely N-dealkylation sites (N-methyl/N-ethyl adjacent to an activating group) is 1. The van der Waals surface area contributed by atoms with Crippen LogP contribution >= 0.6 is 0 Å². The molecule has 30 heavy (non-hydrogen) atoms. The molecule has 2 aromatic heterocycles. The summed E-state index contributed by atoms with van der Waals surface area (Å²) in [7, 11) is 2.14. The summed E-state index contributed by atoms with van der Waals surface area (Å²) in [5, 5.41) is 3.51. The van der Waals surface area contributed by atoms with Gasteiger partial charge < -0.3 is 24.6 Å². The lowest BCUT2D eigenvalue weighted by atomic mass is 10.1. The molecule has 7 nitrogen and oxygen atoms in total. The molecular weight excluding hydrogens is 378 g/mol. The van der Waals surface area contributed by atoms with Crippen molar-refractivity contribution in [2.75, 3.05) is 51.3 Å². The molecule has 0 unspecified atom stereocenters. The minimum Gasteiger partial charge on any atom is -0.477 e. The molecule has 4 heterocycles. The highest BCUT2D eigenvalue weighted by atomic mass is 16.5. The number of hydrogen-bond donors (Lipinski definition) is 1. The Balaban J connectivity index is 1.71. The molecular formula is C23H33N5O2. The van der Waals surface area contributed by atoms with Crippen molar-refractivity contribution in [1.29, 1.82) is 0 Å². The van der Waals surface area contributed by atoms with Crippen molar-refractivity contribution in [2.45, 2.75) is 38.8 Å². The quantitative estimate of drug-likeness (QED) is 0.752. The number of likely N-dealkylation sites (tertiary alicyclic amines) is 1. The van der Waals surface area contributed by atoms with Crippen molar-refractivity contribution in [3.05, 3.63) is 30.5 Å². The number of rotatable bonds is 7. The number of hydrogen-bond acceptors (Lipinski definition) is 7. The van der Waals surface area contributed by atoms with Gasteiger partial charge in [-0.3, -0.25) is 0 Å². The van der Waals surface area contributed by atoms with E-state index >= 15 is 0 Å². The van der Waals surface area contributed by atoms with Crippen LogP contribution in [0.3, 0.4) is 0 Å². The normalized spacial score (nSPS) is 22.3. The standard InChI is InChI=1S/C23H33N5O2/c1-4-17-15-24-12-14-28(17)21-9-8-20(19-7-6-11-25-22(19)29-5-2)26-23(21)30-18-10-13-27(3)16-18/h6-9,11,17-18,24H,4-5,10,12-16H2,1-3H3/t17-,18-/m1/s1. The van der Waals surface area contributed by atoms with Crippen LogP contribution in [0.1, 0.15) is 26.7 Å². The Kier molecular flexibility index (Phi) is 6.69. The van der Waals surface area contributed by atoms with Crippen molar-refractivity contribution in [1.82, 2.24) is 20.2 Å². The molecule has 2 atom stereocenters. The molecule has 1 N–H and O–H groups in total. The van der Waals surface area contributed by atoms with Gasteiger partial charge in [0.1, 0.15) is 11.8 Å². The van der Waals surface area contributed by atoms with Gasteiger partial charge in [-0.05, 0) is 51.1 Å². The summed E-state index contributed by atoms with van der Waals surface area (Å²) < 4.78 is 12.3. The first-order chi connectivity index (χ1) is 14.7. The van der Waals surface area contributed by atoms with Gasteiger partial charge in [0.05, 0.1) is 17.9 Å². The molecule has 4 rings (SSSR count). The van der Waals surface area contributed by atoms with E-state index in [1.807, 2.05) is 19.1 Å². The number of nitrogens with one attached hydrogen (secondary N) is 1. The Labute approximate surface area is 179 Å². The van der Waals surface area contributed by atoms with Gasteiger partial charge in [-0.15, -0.1) is 0 Å². The Morgan fingerprint density at radius 2 is 2.07 bits per heavy atom. The fourth-order valence-corrected chi connectivity index (χ4v) is 4.32. The van der Waals surface area contributed by atoms with Gasteiger partial charge >= 0.3 is 0 Å². The van der Waals surface area contributed by atoms with E-state index in [1.165, 1.54) is 0 Å². The van der Waals surface area contributed by atoms with Crippen molar-refractivity contribution < 1.29 is 9.47 Å². The van der Waals surface area contributed by atoms with E-state index in [4.69, 9.17) is 14.5 Å². The summed E-state index contributed by atoms with van der Waals surface area (Å²) in [5.41, 5.74) is 2.81. The lowest BCUT2D eigenvalue weighted by molar-refractivity contribution is 0.200. The fraction of sp³-hybridized carbons (Fsp3) is 0.565. The second kappa shape index (κ2) is 9.62. The van der Waals surface area contributed by atoms with E-state index in [2.05, 4.69) is 46.2 Å². The van der Waals surface area contributed by atoms with E-state index in [9.17, 15) is 0 Å². The lowest BCUT2D eigenvalue weighted by Crippen LogP contribution is -2.51. The van der Waals surface area contributed by atoms with Crippen molar-refractivity contribution in [2.24, 2.45) is 0 Å². The van der Waals surface area contributed by atoms with Crippen molar-refractivity contribution >= 4 is 5.69 Å². The maximum absolute atomic E-state index is 6.51. The third kappa shape index (κ3) is 4.52. The van der Waals surface area contributed by atoms with E-state index < -0.39 is 0 Å². The lowest BCUT2D eigenvalue weighted by Gasteiger charge is -2.38. The van der Waals surface area contributed by atoms with E-state index in [1.54, 1.807) is 6.20 Å². The van der Waals surface area contributed by atoms with Gasteiger partial charge in [0.25, 0.3) is 0 Å². The number of anilines is 1. The van der Waals surface area contributed by atoms with Crippen LogP contribution in [0.25, 0.3) is 11.3 Å². The monoisotopic (exact) mass is 411 g/mol. The van der Waals surface area contributed by atoms with Crippen LogP contribution < -0.4 is 19.7 Å². The molecule has 7 heteroatoms. The first-order valence-corrected chi connectivity index (χ1v) is 11.1. The second-order valence-corrected chi connectivity index (χ2v) is 8.06. The van der Waals surface area contributed by atoms with Crippen LogP contribution in [0.2, 0.25) is 0 Å². The molecule has 0 aromatic carbocycles. The van der Waals surface area contributed by atoms with E-state index in [-0.39, 0.29) is 6.10 Å². The minimum atomic E-state index is 0.166. The van der Waals surface area contributed by atoms with Crippen LogP contribution in [0, 0.1) is 0 Å². The van der Waals surface area contributed by atoms with Crippen LogP contribution in [0.4, 0.5) is 5.69 Å². The average molecular weight is 412 g/mol. The van der Waals surface area contributed by atoms with Gasteiger partial charge in [0.15, 0.2) is 0 Å². The second-order valence-electron chi connectivity index (χ2n) is 8.06. The first-order valence-electron chi connectivity index (χ1n) is 11.1. The van der Waals surface area contributed by atoms with Crippen molar-refractivity contribution in [3.8, 4) is 23.0 Å². The minimum absolute atomic E-state index is 0.166. The van der Waals surface area contributed by atoms with Crippen molar-refractivity contribution in [3.63, 3.8) is 0 Å². The summed E-state index contributed by atoms with van der Waals surface area (Å²) in [4.78, 5) is 14.2. The van der Waals surface area contributed by atoms with E-state index in [0.29, 0.717) is 18.5 Å². The largest absolute Gasteiger partial charge is 0.477 e. The molecule has 0 spiro atoms. The molecule has 2 aliphatic rings. The van der Waals surface area contributed by atoms with Gasteiger partial charge in [0.2, 0.25) is 11.8 Å². The van der Waals surface area contributed by atoms with Crippen LogP contribution in [-0.2, 0) is 0 Å². The summed E-state index contributed by atoms with van der Waals surface area (Å²) in [6.07, 6.45) is 4.02. The first kappa shape index (κ1) is 20.9. The topological polar surface area (TPSA) is 62.8 Å². The maximum Gasteiger partial charge on any atom is 0.238 e. The zero-order valence-electron chi connectivity index (χ0n) is 18.3. The third-order valence-corrected chi connectivity index (χ3v) is 5.93. The maximum atomic E-state index is 6.51. The number of piperazine rings is 1. The zero-order chi connectivity index (χ0) is 20.9. The molecule has 0 saturated carbocycles. The number of ether oxygens (including phenoxy) is 2. The van der Waals surface area contributed by atoms with Gasteiger partial charge in [0, 0.05) is 45.0 Å². The highest BCUT2D eigenvalue weighted by Gasteiger charge is 2.28. The Morgan fingerprint density at radius 1 is 1.17 bits per heavy atom. The molecule has 2 saturated heterocycles. The van der Waals surface area contributed by atoms with Gasteiger partial charge in [-0.1, -0.05) is 6.92 Å². The average Bonchev–Trinajstić information content (AvgIpc) is 3.19. The Bertz CT molecular complexity index is 846. The number of aromatic nitrogens is 2. The van der Waals surface area contributed by atoms with Gasteiger partial charge in [-0.2, -0.15) is 0 Å². The van der Waals surface area contributed by atoms with Crippen LogP contribution in [-0.4, -0.2) is 73.4 Å². The summed E-state index contributed by atoms with van der Waals surface area (Å²) in [5.74, 6) is 1.33. The molecule has 0 aliphatic carbocycles. The predicted molar refractivity (Wildman–Crippen MR) is 119 cm³/mol. The molecule has 2 aliphatic heterocycles. The Hall–Kier alpha value is -2.38. The SMILES string of the molecule is CCOc1ncccc1-c1ccc(N2CCNC[C@H]2CC)c(O[C@@H]2CCN(C)C2)n1. The number of pyridine rings is 2. The highest BCUT2D eigenvalue weighted by Crippen LogP contribution is 2.35. The summed E-state index contributed by atoms with van der Waals surface area (Å²) in [6, 6.07) is 8.60. The van der Waals surface area contributed by atoms with Gasteiger partial charge in [-0.25, -0.2) is 9.97 Å².